The van der Waals surface area contributed by atoms with E-state index in [2.05, 4.69) is 5.32 Å². The topological polar surface area (TPSA) is 92.4 Å². The standard InChI is InChI=1S/C14H18N2O3/c15-12(10-4-5-10)7-13(17)16-8-9-2-1-3-11(6-9)14(18)19/h1-3,6,10,12H,4-5,7-8,15H2,(H,16,17)(H,18,19). The van der Waals surface area contributed by atoms with Gasteiger partial charge in [0.1, 0.15) is 0 Å². The molecule has 0 aromatic heterocycles. The zero-order chi connectivity index (χ0) is 13.8. The van der Waals surface area contributed by atoms with E-state index in [1.807, 2.05) is 0 Å². The molecule has 1 amide bonds. The van der Waals surface area contributed by atoms with E-state index in [0.717, 1.165) is 18.4 Å². The van der Waals surface area contributed by atoms with Crippen molar-refractivity contribution in [3.8, 4) is 0 Å². The van der Waals surface area contributed by atoms with Gasteiger partial charge in [0.2, 0.25) is 5.91 Å². The Morgan fingerprint density at radius 3 is 2.79 bits per heavy atom. The number of carbonyl (C=O) groups excluding carboxylic acids is 1. The Balaban J connectivity index is 1.82. The van der Waals surface area contributed by atoms with Crippen LogP contribution in [0.1, 0.15) is 35.2 Å². The molecule has 2 rings (SSSR count). The summed E-state index contributed by atoms with van der Waals surface area (Å²) in [6.07, 6.45) is 2.58. The monoisotopic (exact) mass is 262 g/mol. The zero-order valence-electron chi connectivity index (χ0n) is 10.6. The van der Waals surface area contributed by atoms with Crippen LogP contribution in [0.4, 0.5) is 0 Å². The third-order valence-corrected chi connectivity index (χ3v) is 3.31. The maximum Gasteiger partial charge on any atom is 0.335 e. The van der Waals surface area contributed by atoms with Gasteiger partial charge in [0, 0.05) is 19.0 Å². The minimum Gasteiger partial charge on any atom is -0.478 e. The van der Waals surface area contributed by atoms with Crippen molar-refractivity contribution in [3.05, 3.63) is 35.4 Å². The number of aromatic carboxylic acids is 1. The second-order valence-corrected chi connectivity index (χ2v) is 4.99. The lowest BCUT2D eigenvalue weighted by Crippen LogP contribution is -2.32. The van der Waals surface area contributed by atoms with E-state index in [0.29, 0.717) is 18.9 Å². The van der Waals surface area contributed by atoms with Crippen molar-refractivity contribution >= 4 is 11.9 Å². The van der Waals surface area contributed by atoms with Gasteiger partial charge >= 0.3 is 5.97 Å². The number of hydrogen-bond donors (Lipinski definition) is 3. The number of benzene rings is 1. The minimum atomic E-state index is -0.969. The average Bonchev–Trinajstić information content (AvgIpc) is 3.21. The lowest BCUT2D eigenvalue weighted by atomic mass is 10.1. The number of nitrogens with one attached hydrogen (secondary N) is 1. The molecule has 1 fully saturated rings. The first kappa shape index (κ1) is 13.5. The Bertz CT molecular complexity index is 483. The molecule has 4 N–H and O–H groups in total. The van der Waals surface area contributed by atoms with Crippen molar-refractivity contribution < 1.29 is 14.7 Å². The molecule has 0 bridgehead atoms. The lowest BCUT2D eigenvalue weighted by Gasteiger charge is -2.10. The molecule has 0 spiro atoms. The summed E-state index contributed by atoms with van der Waals surface area (Å²) in [4.78, 5) is 22.5. The van der Waals surface area contributed by atoms with Gasteiger partial charge in [-0.25, -0.2) is 4.79 Å². The van der Waals surface area contributed by atoms with E-state index < -0.39 is 5.97 Å². The van der Waals surface area contributed by atoms with Crippen molar-refractivity contribution in [3.63, 3.8) is 0 Å². The number of carbonyl (C=O) groups is 2. The van der Waals surface area contributed by atoms with Crippen LogP contribution >= 0.6 is 0 Å². The predicted octanol–water partition coefficient (Wildman–Crippen LogP) is 1.13. The first-order chi connectivity index (χ1) is 9.06. The zero-order valence-corrected chi connectivity index (χ0v) is 10.6. The predicted molar refractivity (Wildman–Crippen MR) is 70.6 cm³/mol. The van der Waals surface area contributed by atoms with E-state index in [4.69, 9.17) is 10.8 Å². The summed E-state index contributed by atoms with van der Waals surface area (Å²) in [6, 6.07) is 6.49. The summed E-state index contributed by atoms with van der Waals surface area (Å²) in [5.41, 5.74) is 6.87. The maximum atomic E-state index is 11.7. The molecule has 19 heavy (non-hydrogen) atoms. The fourth-order valence-electron chi connectivity index (χ4n) is 1.99. The van der Waals surface area contributed by atoms with Crippen molar-refractivity contribution in [2.75, 3.05) is 0 Å². The van der Waals surface area contributed by atoms with Crippen LogP contribution in [0.25, 0.3) is 0 Å². The highest BCUT2D eigenvalue weighted by Gasteiger charge is 2.29. The summed E-state index contributed by atoms with van der Waals surface area (Å²) < 4.78 is 0. The summed E-state index contributed by atoms with van der Waals surface area (Å²) >= 11 is 0. The summed E-state index contributed by atoms with van der Waals surface area (Å²) in [7, 11) is 0. The average molecular weight is 262 g/mol. The van der Waals surface area contributed by atoms with Crippen LogP contribution < -0.4 is 11.1 Å². The molecule has 102 valence electrons. The van der Waals surface area contributed by atoms with Gasteiger partial charge < -0.3 is 16.2 Å². The number of amides is 1. The molecule has 1 atom stereocenters. The molecule has 1 unspecified atom stereocenters. The molecule has 1 saturated carbocycles. The van der Waals surface area contributed by atoms with Crippen LogP contribution in [0, 0.1) is 5.92 Å². The smallest absolute Gasteiger partial charge is 0.335 e. The SMILES string of the molecule is NC(CC(=O)NCc1cccc(C(=O)O)c1)C1CC1. The van der Waals surface area contributed by atoms with Gasteiger partial charge in [-0.3, -0.25) is 4.79 Å². The number of nitrogens with two attached hydrogens (primary N) is 1. The number of carboxylic acid groups (broad SMARTS) is 1. The molecule has 1 aliphatic carbocycles. The lowest BCUT2D eigenvalue weighted by molar-refractivity contribution is -0.121. The molecule has 0 aliphatic heterocycles. The fraction of sp³-hybridized carbons (Fsp3) is 0.429. The second kappa shape index (κ2) is 5.84. The normalized spacial score (nSPS) is 15.8. The van der Waals surface area contributed by atoms with Crippen molar-refractivity contribution in [1.29, 1.82) is 0 Å². The van der Waals surface area contributed by atoms with Gasteiger partial charge in [-0.05, 0) is 36.5 Å². The van der Waals surface area contributed by atoms with E-state index in [-0.39, 0.29) is 17.5 Å². The van der Waals surface area contributed by atoms with Crippen LogP contribution in [0.2, 0.25) is 0 Å². The summed E-state index contributed by atoms with van der Waals surface area (Å²) in [6.45, 7) is 0.331. The van der Waals surface area contributed by atoms with E-state index in [9.17, 15) is 9.59 Å². The number of hydrogen-bond acceptors (Lipinski definition) is 3. The van der Waals surface area contributed by atoms with Gasteiger partial charge in [0.05, 0.1) is 5.56 Å². The Hall–Kier alpha value is -1.88. The third kappa shape index (κ3) is 4.06. The van der Waals surface area contributed by atoms with Gasteiger partial charge in [0.15, 0.2) is 0 Å². The third-order valence-electron chi connectivity index (χ3n) is 3.31. The van der Waals surface area contributed by atoms with Crippen LogP contribution in [-0.4, -0.2) is 23.0 Å². The van der Waals surface area contributed by atoms with Gasteiger partial charge in [0.25, 0.3) is 0 Å². The second-order valence-electron chi connectivity index (χ2n) is 4.99. The highest BCUT2D eigenvalue weighted by atomic mass is 16.4. The van der Waals surface area contributed by atoms with Crippen LogP contribution in [0.15, 0.2) is 24.3 Å². The summed E-state index contributed by atoms with van der Waals surface area (Å²) in [5.74, 6) is -0.551. The molecule has 0 radical (unpaired) electrons. The molecule has 0 saturated heterocycles. The quantitative estimate of drug-likeness (QED) is 0.716. The van der Waals surface area contributed by atoms with Crippen LogP contribution in [0.5, 0.6) is 0 Å². The summed E-state index contributed by atoms with van der Waals surface area (Å²) in [5, 5.41) is 11.6. The Morgan fingerprint density at radius 1 is 1.42 bits per heavy atom. The van der Waals surface area contributed by atoms with Crippen LogP contribution in [0.3, 0.4) is 0 Å². The molecule has 5 heteroatoms. The molecule has 1 aromatic rings. The molecule has 1 aliphatic rings. The van der Waals surface area contributed by atoms with Crippen molar-refractivity contribution in [1.82, 2.24) is 5.32 Å². The van der Waals surface area contributed by atoms with E-state index >= 15 is 0 Å². The van der Waals surface area contributed by atoms with Gasteiger partial charge in [-0.2, -0.15) is 0 Å². The number of carboxylic acids is 1. The Labute approximate surface area is 111 Å². The highest BCUT2D eigenvalue weighted by Crippen LogP contribution is 2.32. The first-order valence-electron chi connectivity index (χ1n) is 6.41. The Kier molecular flexibility index (Phi) is 4.16. The van der Waals surface area contributed by atoms with E-state index in [1.54, 1.807) is 18.2 Å². The van der Waals surface area contributed by atoms with Crippen molar-refractivity contribution in [2.45, 2.75) is 31.8 Å². The molecular weight excluding hydrogens is 244 g/mol. The van der Waals surface area contributed by atoms with Crippen molar-refractivity contribution in [2.24, 2.45) is 11.7 Å². The van der Waals surface area contributed by atoms with Crippen LogP contribution in [-0.2, 0) is 11.3 Å². The molecular formula is C14H18N2O3. The van der Waals surface area contributed by atoms with Gasteiger partial charge in [-0.1, -0.05) is 12.1 Å². The van der Waals surface area contributed by atoms with Gasteiger partial charge in [-0.15, -0.1) is 0 Å². The Morgan fingerprint density at radius 2 is 2.16 bits per heavy atom. The fourth-order valence-corrected chi connectivity index (χ4v) is 1.99. The maximum absolute atomic E-state index is 11.7. The molecule has 5 nitrogen and oxygen atoms in total. The largest absolute Gasteiger partial charge is 0.478 e. The molecule has 1 aromatic carbocycles. The molecule has 0 heterocycles. The first-order valence-corrected chi connectivity index (χ1v) is 6.41. The highest BCUT2D eigenvalue weighted by molar-refractivity contribution is 5.87. The number of rotatable bonds is 6. The van der Waals surface area contributed by atoms with E-state index in [1.165, 1.54) is 6.07 Å². The minimum absolute atomic E-state index is 0.0506.